The van der Waals surface area contributed by atoms with Crippen LogP contribution in [-0.4, -0.2) is 36.1 Å². The molecule has 0 N–H and O–H groups in total. The number of alkyl halides is 2. The number of nitrogens with zero attached hydrogens (tertiary/aromatic N) is 6. The Hall–Kier alpha value is -2.39. The van der Waals surface area contributed by atoms with Gasteiger partial charge in [0.25, 0.3) is 6.43 Å². The lowest BCUT2D eigenvalue weighted by Gasteiger charge is -2.12. The van der Waals surface area contributed by atoms with Crippen LogP contribution >= 0.6 is 0 Å². The molecule has 0 aliphatic carbocycles. The van der Waals surface area contributed by atoms with E-state index in [1.807, 2.05) is 0 Å². The summed E-state index contributed by atoms with van der Waals surface area (Å²) >= 11 is 0. The number of halogens is 2. The molecular weight excluding hydrogens is 262 g/mol. The minimum absolute atomic E-state index is 0.167. The van der Waals surface area contributed by atoms with Crippen LogP contribution in [0.1, 0.15) is 18.7 Å². The second kappa shape index (κ2) is 5.08. The van der Waals surface area contributed by atoms with E-state index in [0.29, 0.717) is 5.69 Å². The van der Waals surface area contributed by atoms with Crippen LogP contribution < -0.4 is 0 Å². The summed E-state index contributed by atoms with van der Waals surface area (Å²) < 4.78 is 27.1. The molecule has 2 aromatic rings. The molecule has 0 aliphatic rings. The Labute approximate surface area is 105 Å². The third-order valence-electron chi connectivity index (χ3n) is 2.58. The predicted molar refractivity (Wildman–Crippen MR) is 58.7 cm³/mol. The van der Waals surface area contributed by atoms with Gasteiger partial charge in [0.1, 0.15) is 18.9 Å². The van der Waals surface area contributed by atoms with E-state index in [2.05, 4.69) is 15.4 Å². The van der Waals surface area contributed by atoms with Crippen LogP contribution in [0.15, 0.2) is 18.6 Å². The minimum atomic E-state index is -2.56. The molecule has 0 bridgehead atoms. The van der Waals surface area contributed by atoms with Gasteiger partial charge >= 0.3 is 5.69 Å². The monoisotopic (exact) mass is 272 g/mol. The standard InChI is InChI=1S/C9H10F2N6O2/c1-6(15-4-7(2-13-15)17(18)19)8-3-12-14-16(8)5-9(10)11/h2-4,6,9H,5H2,1H3. The van der Waals surface area contributed by atoms with Crippen molar-refractivity contribution in [2.24, 2.45) is 0 Å². The van der Waals surface area contributed by atoms with Crippen molar-refractivity contribution in [1.29, 1.82) is 0 Å². The van der Waals surface area contributed by atoms with Gasteiger partial charge in [-0.1, -0.05) is 5.21 Å². The molecule has 2 aromatic heterocycles. The van der Waals surface area contributed by atoms with E-state index >= 15 is 0 Å². The van der Waals surface area contributed by atoms with Crippen molar-refractivity contribution in [3.63, 3.8) is 0 Å². The van der Waals surface area contributed by atoms with Gasteiger partial charge < -0.3 is 0 Å². The van der Waals surface area contributed by atoms with Gasteiger partial charge in [-0.05, 0) is 6.92 Å². The molecule has 2 heterocycles. The fourth-order valence-corrected chi connectivity index (χ4v) is 1.63. The normalized spacial score (nSPS) is 12.8. The Morgan fingerprint density at radius 2 is 2.21 bits per heavy atom. The second-order valence-corrected chi connectivity index (χ2v) is 3.84. The molecule has 10 heteroatoms. The topological polar surface area (TPSA) is 91.7 Å². The van der Waals surface area contributed by atoms with Crippen LogP contribution in [0.2, 0.25) is 0 Å². The first-order valence-electron chi connectivity index (χ1n) is 5.34. The number of rotatable bonds is 5. The molecular formula is C9H10F2N6O2. The number of hydrogen-bond donors (Lipinski definition) is 0. The highest BCUT2D eigenvalue weighted by molar-refractivity contribution is 5.22. The smallest absolute Gasteiger partial charge is 0.258 e. The largest absolute Gasteiger partial charge is 0.307 e. The van der Waals surface area contributed by atoms with Gasteiger partial charge in [-0.3, -0.25) is 14.8 Å². The van der Waals surface area contributed by atoms with Gasteiger partial charge in [0.15, 0.2) is 0 Å². The first kappa shape index (κ1) is 13.1. The fourth-order valence-electron chi connectivity index (χ4n) is 1.63. The van der Waals surface area contributed by atoms with Crippen molar-refractivity contribution in [2.75, 3.05) is 0 Å². The summed E-state index contributed by atoms with van der Waals surface area (Å²) in [6.07, 6.45) is 1.10. The van der Waals surface area contributed by atoms with Gasteiger partial charge in [-0.25, -0.2) is 13.5 Å². The molecule has 102 valence electrons. The molecule has 0 amide bonds. The summed E-state index contributed by atoms with van der Waals surface area (Å²) in [5, 5.41) is 21.5. The quantitative estimate of drug-likeness (QED) is 0.603. The van der Waals surface area contributed by atoms with E-state index < -0.39 is 23.9 Å². The van der Waals surface area contributed by atoms with Crippen molar-refractivity contribution >= 4 is 5.69 Å². The van der Waals surface area contributed by atoms with E-state index in [1.54, 1.807) is 6.92 Å². The van der Waals surface area contributed by atoms with Crippen LogP contribution in [0, 0.1) is 10.1 Å². The maximum absolute atomic E-state index is 12.4. The Bertz CT molecular complexity index is 581. The molecule has 1 unspecified atom stereocenters. The summed E-state index contributed by atoms with van der Waals surface area (Å²) in [7, 11) is 0. The van der Waals surface area contributed by atoms with Crippen molar-refractivity contribution in [3.8, 4) is 0 Å². The molecule has 0 fully saturated rings. The zero-order chi connectivity index (χ0) is 14.0. The van der Waals surface area contributed by atoms with E-state index in [-0.39, 0.29) is 5.69 Å². The average molecular weight is 272 g/mol. The lowest BCUT2D eigenvalue weighted by molar-refractivity contribution is -0.385. The summed E-state index contributed by atoms with van der Waals surface area (Å²) in [5.41, 5.74) is 0.234. The van der Waals surface area contributed by atoms with Gasteiger partial charge in [0.2, 0.25) is 0 Å². The number of nitro groups is 1. The van der Waals surface area contributed by atoms with Crippen LogP contribution in [0.5, 0.6) is 0 Å². The maximum atomic E-state index is 12.4. The minimum Gasteiger partial charge on any atom is -0.258 e. The molecule has 2 rings (SSSR count). The van der Waals surface area contributed by atoms with Crippen molar-refractivity contribution < 1.29 is 13.7 Å². The maximum Gasteiger partial charge on any atom is 0.307 e. The molecule has 0 aromatic carbocycles. The van der Waals surface area contributed by atoms with Gasteiger partial charge in [0, 0.05) is 0 Å². The highest BCUT2D eigenvalue weighted by Crippen LogP contribution is 2.19. The molecule has 19 heavy (non-hydrogen) atoms. The molecule has 0 radical (unpaired) electrons. The van der Waals surface area contributed by atoms with E-state index in [4.69, 9.17) is 0 Å². The second-order valence-electron chi connectivity index (χ2n) is 3.84. The highest BCUT2D eigenvalue weighted by Gasteiger charge is 2.19. The molecule has 0 spiro atoms. The van der Waals surface area contributed by atoms with E-state index in [9.17, 15) is 18.9 Å². The van der Waals surface area contributed by atoms with Crippen LogP contribution in [0.3, 0.4) is 0 Å². The van der Waals surface area contributed by atoms with Crippen LogP contribution in [0.25, 0.3) is 0 Å². The zero-order valence-corrected chi connectivity index (χ0v) is 9.85. The fraction of sp³-hybridized carbons (Fsp3) is 0.444. The third-order valence-corrected chi connectivity index (χ3v) is 2.58. The first-order valence-corrected chi connectivity index (χ1v) is 5.34. The van der Waals surface area contributed by atoms with Crippen molar-refractivity contribution in [3.05, 3.63) is 34.4 Å². The lowest BCUT2D eigenvalue weighted by Crippen LogP contribution is -2.17. The van der Waals surface area contributed by atoms with Crippen molar-refractivity contribution in [1.82, 2.24) is 24.8 Å². The van der Waals surface area contributed by atoms with Crippen LogP contribution in [0.4, 0.5) is 14.5 Å². The molecule has 0 aliphatic heterocycles. The van der Waals surface area contributed by atoms with Gasteiger partial charge in [-0.2, -0.15) is 5.10 Å². The predicted octanol–water partition coefficient (Wildman–Crippen LogP) is 1.26. The Kier molecular flexibility index (Phi) is 3.49. The molecule has 0 saturated carbocycles. The van der Waals surface area contributed by atoms with Gasteiger partial charge in [-0.15, -0.1) is 5.10 Å². The molecule has 1 atom stereocenters. The van der Waals surface area contributed by atoms with E-state index in [0.717, 1.165) is 10.9 Å². The van der Waals surface area contributed by atoms with Crippen molar-refractivity contribution in [2.45, 2.75) is 25.9 Å². The Morgan fingerprint density at radius 1 is 1.47 bits per heavy atom. The third kappa shape index (κ3) is 2.72. The first-order chi connectivity index (χ1) is 8.99. The Balaban J connectivity index is 2.25. The number of hydrogen-bond acceptors (Lipinski definition) is 5. The summed E-state index contributed by atoms with van der Waals surface area (Å²) in [5.74, 6) is 0. The van der Waals surface area contributed by atoms with E-state index in [1.165, 1.54) is 17.1 Å². The zero-order valence-electron chi connectivity index (χ0n) is 9.85. The molecule has 8 nitrogen and oxygen atoms in total. The summed E-state index contributed by atoms with van der Waals surface area (Å²) in [4.78, 5) is 9.98. The SMILES string of the molecule is CC(c1cnnn1CC(F)F)n1cc([N+](=O)[O-])cn1. The lowest BCUT2D eigenvalue weighted by atomic mass is 10.2. The average Bonchev–Trinajstić information content (AvgIpc) is 2.95. The van der Waals surface area contributed by atoms with Gasteiger partial charge in [0.05, 0.1) is 22.9 Å². The Morgan fingerprint density at radius 3 is 2.79 bits per heavy atom. The summed E-state index contributed by atoms with van der Waals surface area (Å²) in [6, 6.07) is -0.484. The summed E-state index contributed by atoms with van der Waals surface area (Å²) in [6.45, 7) is 1.08. The van der Waals surface area contributed by atoms with Crippen LogP contribution in [-0.2, 0) is 6.54 Å². The highest BCUT2D eigenvalue weighted by atomic mass is 19.3. The molecule has 0 saturated heterocycles. The number of aromatic nitrogens is 5.